The fourth-order valence-corrected chi connectivity index (χ4v) is 2.09. The zero-order valence-corrected chi connectivity index (χ0v) is 6.32. The molecule has 11 heavy (non-hydrogen) atoms. The van der Waals surface area contributed by atoms with Crippen LogP contribution in [0.25, 0.3) is 0 Å². The van der Waals surface area contributed by atoms with E-state index < -0.39 is 6.29 Å². The van der Waals surface area contributed by atoms with Gasteiger partial charge in [0.15, 0.2) is 0 Å². The number of aliphatic hydroxyl groups excluding tert-OH is 1. The van der Waals surface area contributed by atoms with Gasteiger partial charge in [-0.1, -0.05) is 12.8 Å². The smallest absolute Gasteiger partial charge is 0.311 e. The summed E-state index contributed by atoms with van der Waals surface area (Å²) in [6.07, 6.45) is 3.25. The maximum atomic E-state index is 11.0. The number of esters is 1. The molecule has 0 aromatic carbocycles. The van der Waals surface area contributed by atoms with Gasteiger partial charge in [-0.2, -0.15) is 0 Å². The number of rotatable bonds is 0. The predicted molar refractivity (Wildman–Crippen MR) is 37.5 cm³/mol. The number of carbonyl (C=O) groups excluding carboxylic acids is 1. The SMILES string of the molecule is O=C1OC(O)C2CCCCC12. The van der Waals surface area contributed by atoms with Gasteiger partial charge in [-0.25, -0.2) is 0 Å². The standard InChI is InChI=1S/C8H12O3/c9-7-5-3-1-2-4-6(5)8(10)11-7/h5-7,9H,1-4H2. The Balaban J connectivity index is 2.13. The van der Waals surface area contributed by atoms with Crippen LogP contribution in [0.3, 0.4) is 0 Å². The Labute approximate surface area is 65.4 Å². The van der Waals surface area contributed by atoms with E-state index in [2.05, 4.69) is 0 Å². The molecule has 2 aliphatic rings. The minimum atomic E-state index is -0.812. The lowest BCUT2D eigenvalue weighted by molar-refractivity contribution is -0.156. The molecule has 0 bridgehead atoms. The van der Waals surface area contributed by atoms with Gasteiger partial charge in [0.1, 0.15) is 0 Å². The maximum absolute atomic E-state index is 11.0. The van der Waals surface area contributed by atoms with Crippen LogP contribution in [0.5, 0.6) is 0 Å². The molecule has 1 saturated carbocycles. The van der Waals surface area contributed by atoms with Crippen molar-refractivity contribution < 1.29 is 14.6 Å². The molecule has 1 N–H and O–H groups in total. The molecule has 1 aliphatic heterocycles. The largest absolute Gasteiger partial charge is 0.435 e. The van der Waals surface area contributed by atoms with Gasteiger partial charge in [0.2, 0.25) is 6.29 Å². The van der Waals surface area contributed by atoms with Crippen molar-refractivity contribution in [3.8, 4) is 0 Å². The van der Waals surface area contributed by atoms with Crippen LogP contribution in [0, 0.1) is 11.8 Å². The van der Waals surface area contributed by atoms with Gasteiger partial charge in [-0.3, -0.25) is 4.79 Å². The molecule has 0 aromatic rings. The van der Waals surface area contributed by atoms with Gasteiger partial charge in [0.05, 0.1) is 5.92 Å². The third-order valence-electron chi connectivity index (χ3n) is 2.73. The van der Waals surface area contributed by atoms with Crippen molar-refractivity contribution in [2.24, 2.45) is 11.8 Å². The van der Waals surface area contributed by atoms with Crippen molar-refractivity contribution >= 4 is 5.97 Å². The summed E-state index contributed by atoms with van der Waals surface area (Å²) >= 11 is 0. The Morgan fingerprint density at radius 3 is 2.82 bits per heavy atom. The number of hydrogen-bond donors (Lipinski definition) is 1. The third kappa shape index (κ3) is 1.03. The average Bonchev–Trinajstić information content (AvgIpc) is 2.30. The van der Waals surface area contributed by atoms with E-state index >= 15 is 0 Å². The number of fused-ring (bicyclic) bond motifs is 1. The van der Waals surface area contributed by atoms with Crippen molar-refractivity contribution in [3.63, 3.8) is 0 Å². The Kier molecular flexibility index (Phi) is 1.60. The molecule has 0 aromatic heterocycles. The van der Waals surface area contributed by atoms with Crippen LogP contribution in [0.2, 0.25) is 0 Å². The van der Waals surface area contributed by atoms with Gasteiger partial charge in [0.25, 0.3) is 0 Å². The Morgan fingerprint density at radius 1 is 1.36 bits per heavy atom. The summed E-state index contributed by atoms with van der Waals surface area (Å²) in [6, 6.07) is 0. The molecule has 1 saturated heterocycles. The van der Waals surface area contributed by atoms with Crippen molar-refractivity contribution in [1.29, 1.82) is 0 Å². The van der Waals surface area contributed by atoms with Crippen LogP contribution < -0.4 is 0 Å². The van der Waals surface area contributed by atoms with Gasteiger partial charge in [0, 0.05) is 5.92 Å². The molecule has 2 rings (SSSR count). The number of cyclic esters (lactones) is 1. The molecular formula is C8H12O3. The molecule has 0 spiro atoms. The Morgan fingerprint density at radius 2 is 2.09 bits per heavy atom. The monoisotopic (exact) mass is 156 g/mol. The van der Waals surface area contributed by atoms with E-state index in [1.54, 1.807) is 0 Å². The second kappa shape index (κ2) is 2.48. The highest BCUT2D eigenvalue weighted by Crippen LogP contribution is 2.38. The van der Waals surface area contributed by atoms with Crippen LogP contribution in [0.15, 0.2) is 0 Å². The van der Waals surface area contributed by atoms with E-state index in [0.717, 1.165) is 25.7 Å². The second-order valence-electron chi connectivity index (χ2n) is 3.38. The molecule has 0 amide bonds. The van der Waals surface area contributed by atoms with Gasteiger partial charge in [-0.05, 0) is 12.8 Å². The van der Waals surface area contributed by atoms with Gasteiger partial charge >= 0.3 is 5.97 Å². The molecule has 1 aliphatic carbocycles. The summed E-state index contributed by atoms with van der Waals surface area (Å²) in [6.45, 7) is 0. The lowest BCUT2D eigenvalue weighted by Crippen LogP contribution is -2.23. The number of carbonyl (C=O) groups is 1. The second-order valence-corrected chi connectivity index (χ2v) is 3.38. The fraction of sp³-hybridized carbons (Fsp3) is 0.875. The molecule has 62 valence electrons. The lowest BCUT2D eigenvalue weighted by Gasteiger charge is -2.21. The van der Waals surface area contributed by atoms with Crippen molar-refractivity contribution in [3.05, 3.63) is 0 Å². The predicted octanol–water partition coefficient (Wildman–Crippen LogP) is 0.668. The van der Waals surface area contributed by atoms with Crippen LogP contribution in [-0.4, -0.2) is 17.4 Å². The number of ether oxygens (including phenoxy) is 1. The zero-order chi connectivity index (χ0) is 7.84. The fourth-order valence-electron chi connectivity index (χ4n) is 2.09. The van der Waals surface area contributed by atoms with Crippen molar-refractivity contribution in [1.82, 2.24) is 0 Å². The van der Waals surface area contributed by atoms with Gasteiger partial charge in [-0.15, -0.1) is 0 Å². The lowest BCUT2D eigenvalue weighted by atomic mass is 9.81. The number of hydrogen-bond acceptors (Lipinski definition) is 3. The Hall–Kier alpha value is -0.570. The van der Waals surface area contributed by atoms with Gasteiger partial charge < -0.3 is 9.84 Å². The summed E-state index contributed by atoms with van der Waals surface area (Å²) in [5.74, 6) is -0.0998. The highest BCUT2D eigenvalue weighted by Gasteiger charge is 2.44. The minimum Gasteiger partial charge on any atom is -0.435 e. The topological polar surface area (TPSA) is 46.5 Å². The molecule has 2 fully saturated rings. The van der Waals surface area contributed by atoms with Crippen molar-refractivity contribution in [2.75, 3.05) is 0 Å². The van der Waals surface area contributed by atoms with Crippen LogP contribution in [-0.2, 0) is 9.53 Å². The first-order chi connectivity index (χ1) is 5.29. The first-order valence-electron chi connectivity index (χ1n) is 4.17. The molecule has 0 radical (unpaired) electrons. The van der Waals surface area contributed by atoms with Crippen LogP contribution in [0.4, 0.5) is 0 Å². The highest BCUT2D eigenvalue weighted by molar-refractivity contribution is 5.75. The van der Waals surface area contributed by atoms with Crippen LogP contribution >= 0.6 is 0 Å². The summed E-state index contributed by atoms with van der Waals surface area (Å²) in [5, 5.41) is 9.25. The first-order valence-corrected chi connectivity index (χ1v) is 4.17. The van der Waals surface area contributed by atoms with Crippen molar-refractivity contribution in [2.45, 2.75) is 32.0 Å². The molecule has 1 heterocycles. The molecule has 3 atom stereocenters. The van der Waals surface area contributed by atoms with E-state index in [1.165, 1.54) is 0 Å². The molecule has 3 nitrogen and oxygen atoms in total. The summed E-state index contributed by atoms with van der Waals surface area (Å²) in [5.41, 5.74) is 0. The van der Waals surface area contributed by atoms with Crippen LogP contribution in [0.1, 0.15) is 25.7 Å². The Bertz CT molecular complexity index is 178. The number of aliphatic hydroxyl groups is 1. The van der Waals surface area contributed by atoms with E-state index in [1.807, 2.05) is 0 Å². The molecule has 3 heteroatoms. The maximum Gasteiger partial charge on any atom is 0.311 e. The zero-order valence-electron chi connectivity index (χ0n) is 6.32. The summed E-state index contributed by atoms with van der Waals surface area (Å²) < 4.78 is 4.72. The first kappa shape index (κ1) is 7.10. The quantitative estimate of drug-likeness (QED) is 0.524. The third-order valence-corrected chi connectivity index (χ3v) is 2.73. The van der Waals surface area contributed by atoms with E-state index in [9.17, 15) is 9.90 Å². The normalized spacial score (nSPS) is 43.4. The van der Waals surface area contributed by atoms with E-state index in [-0.39, 0.29) is 17.8 Å². The highest BCUT2D eigenvalue weighted by atomic mass is 16.6. The summed E-state index contributed by atoms with van der Waals surface area (Å²) in [7, 11) is 0. The molecular weight excluding hydrogens is 144 g/mol. The summed E-state index contributed by atoms with van der Waals surface area (Å²) in [4.78, 5) is 11.0. The average molecular weight is 156 g/mol. The van der Waals surface area contributed by atoms with E-state index in [0.29, 0.717) is 0 Å². The molecule has 3 unspecified atom stereocenters. The van der Waals surface area contributed by atoms with E-state index in [4.69, 9.17) is 4.74 Å². The minimum absolute atomic E-state index is 0.00116.